The summed E-state index contributed by atoms with van der Waals surface area (Å²) in [6.45, 7) is 3.85. The van der Waals surface area contributed by atoms with E-state index in [1.54, 1.807) is 36.4 Å². The number of tetrazole rings is 1. The molecule has 0 aliphatic heterocycles. The van der Waals surface area contributed by atoms with Gasteiger partial charge in [-0.2, -0.15) is 4.68 Å². The molecule has 0 amide bonds. The topological polar surface area (TPSA) is 77.7 Å². The molecule has 1 heterocycles. The van der Waals surface area contributed by atoms with Gasteiger partial charge in [-0.15, -0.1) is 0 Å². The van der Waals surface area contributed by atoms with Gasteiger partial charge in [-0.3, -0.25) is 0 Å². The molecule has 7 heteroatoms. The van der Waals surface area contributed by atoms with Crippen LogP contribution >= 0.6 is 0 Å². The van der Waals surface area contributed by atoms with Crippen molar-refractivity contribution in [1.29, 1.82) is 0 Å². The van der Waals surface area contributed by atoms with Crippen molar-refractivity contribution < 1.29 is 8.42 Å². The summed E-state index contributed by atoms with van der Waals surface area (Å²) in [4.78, 5) is 0.168. The molecule has 6 nitrogen and oxygen atoms in total. The third kappa shape index (κ3) is 2.50. The summed E-state index contributed by atoms with van der Waals surface area (Å²) in [5, 5.41) is 10.8. The number of sulfone groups is 1. The minimum Gasteiger partial charge on any atom is -0.215 e. The second kappa shape index (κ2) is 5.34. The number of hydrogen-bond donors (Lipinski definition) is 0. The Kier molecular flexibility index (Phi) is 3.50. The predicted octanol–water partition coefficient (Wildman–Crippen LogP) is 2.11. The van der Waals surface area contributed by atoms with Crippen molar-refractivity contribution in [2.75, 3.05) is 0 Å². The zero-order valence-electron chi connectivity index (χ0n) is 12.1. The number of nitrogens with zero attached hydrogens (tertiary/aromatic N) is 4. The molecular formula is C15H14N4O2S. The van der Waals surface area contributed by atoms with Crippen LogP contribution in [0, 0.1) is 13.8 Å². The van der Waals surface area contributed by atoms with Crippen molar-refractivity contribution in [3.8, 4) is 5.69 Å². The van der Waals surface area contributed by atoms with Gasteiger partial charge in [0.25, 0.3) is 5.16 Å². The van der Waals surface area contributed by atoms with E-state index in [-0.39, 0.29) is 10.1 Å². The number of aryl methyl sites for hydroxylation is 2. The monoisotopic (exact) mass is 314 g/mol. The third-order valence-electron chi connectivity index (χ3n) is 3.29. The number of benzene rings is 2. The van der Waals surface area contributed by atoms with Gasteiger partial charge in [0.2, 0.25) is 9.84 Å². The van der Waals surface area contributed by atoms with E-state index in [0.29, 0.717) is 5.69 Å². The first-order valence-electron chi connectivity index (χ1n) is 6.66. The lowest BCUT2D eigenvalue weighted by Crippen LogP contribution is -2.11. The van der Waals surface area contributed by atoms with Crippen LogP contribution in [0.4, 0.5) is 0 Å². The number of hydrogen-bond acceptors (Lipinski definition) is 5. The summed E-state index contributed by atoms with van der Waals surface area (Å²) in [5.74, 6) is 0. The molecule has 1 aromatic heterocycles. The average Bonchev–Trinajstić information content (AvgIpc) is 2.99. The molecule has 0 unspecified atom stereocenters. The van der Waals surface area contributed by atoms with Crippen LogP contribution in [0.2, 0.25) is 0 Å². The second-order valence-electron chi connectivity index (χ2n) is 5.03. The minimum absolute atomic E-state index is 0.168. The van der Waals surface area contributed by atoms with E-state index in [9.17, 15) is 8.42 Å². The molecule has 0 radical (unpaired) electrons. The maximum Gasteiger partial charge on any atom is 0.277 e. The molecule has 0 bridgehead atoms. The van der Waals surface area contributed by atoms with E-state index < -0.39 is 9.84 Å². The maximum absolute atomic E-state index is 12.7. The SMILES string of the molecule is Cc1ccc(-n2nnnc2S(=O)(=O)c2ccc(C)cc2)cc1. The highest BCUT2D eigenvalue weighted by Gasteiger charge is 2.25. The van der Waals surface area contributed by atoms with Gasteiger partial charge < -0.3 is 0 Å². The summed E-state index contributed by atoms with van der Waals surface area (Å²) < 4.78 is 26.6. The van der Waals surface area contributed by atoms with Crippen molar-refractivity contribution in [3.63, 3.8) is 0 Å². The lowest BCUT2D eigenvalue weighted by atomic mass is 10.2. The molecule has 0 N–H and O–H groups in total. The van der Waals surface area contributed by atoms with E-state index in [1.807, 2.05) is 26.0 Å². The van der Waals surface area contributed by atoms with Crippen LogP contribution in [0.5, 0.6) is 0 Å². The van der Waals surface area contributed by atoms with Crippen LogP contribution < -0.4 is 0 Å². The first-order valence-corrected chi connectivity index (χ1v) is 8.14. The van der Waals surface area contributed by atoms with E-state index in [4.69, 9.17) is 0 Å². The van der Waals surface area contributed by atoms with E-state index >= 15 is 0 Å². The fourth-order valence-electron chi connectivity index (χ4n) is 2.02. The van der Waals surface area contributed by atoms with Gasteiger partial charge in [0.1, 0.15) is 0 Å². The highest BCUT2D eigenvalue weighted by atomic mass is 32.2. The Hall–Kier alpha value is -2.54. The van der Waals surface area contributed by atoms with Gasteiger partial charge in [-0.25, -0.2) is 8.42 Å². The van der Waals surface area contributed by atoms with Gasteiger partial charge >= 0.3 is 0 Å². The van der Waals surface area contributed by atoms with Gasteiger partial charge in [-0.05, 0) is 48.5 Å². The van der Waals surface area contributed by atoms with Gasteiger partial charge in [0, 0.05) is 0 Å². The summed E-state index contributed by atoms with van der Waals surface area (Å²) in [6, 6.07) is 13.9. The molecule has 2 aromatic carbocycles. The lowest BCUT2D eigenvalue weighted by molar-refractivity contribution is 0.580. The fraction of sp³-hybridized carbons (Fsp3) is 0.133. The normalized spacial score (nSPS) is 11.5. The summed E-state index contributed by atoms with van der Waals surface area (Å²) in [7, 11) is -3.77. The molecular weight excluding hydrogens is 300 g/mol. The molecule has 0 saturated heterocycles. The molecule has 3 rings (SSSR count). The van der Waals surface area contributed by atoms with Crippen LogP contribution in [0.25, 0.3) is 5.69 Å². The molecule has 0 saturated carbocycles. The molecule has 0 spiro atoms. The first-order chi connectivity index (χ1) is 10.5. The van der Waals surface area contributed by atoms with E-state index in [1.165, 1.54) is 4.68 Å². The first kappa shape index (κ1) is 14.4. The summed E-state index contributed by atoms with van der Waals surface area (Å²) >= 11 is 0. The quantitative estimate of drug-likeness (QED) is 0.740. The van der Waals surface area contributed by atoms with Gasteiger partial charge in [0.05, 0.1) is 10.6 Å². The molecule has 22 heavy (non-hydrogen) atoms. The Balaban J connectivity index is 2.11. The Bertz CT molecular complexity index is 897. The summed E-state index contributed by atoms with van der Waals surface area (Å²) in [5.41, 5.74) is 2.65. The van der Waals surface area contributed by atoms with Gasteiger partial charge in [-0.1, -0.05) is 40.5 Å². The Morgan fingerprint density at radius 3 is 2.00 bits per heavy atom. The number of rotatable bonds is 3. The summed E-state index contributed by atoms with van der Waals surface area (Å²) in [6.07, 6.45) is 0. The van der Waals surface area contributed by atoms with Crippen molar-refractivity contribution in [3.05, 3.63) is 59.7 Å². The zero-order chi connectivity index (χ0) is 15.7. The molecule has 112 valence electrons. The van der Waals surface area contributed by atoms with Gasteiger partial charge in [0.15, 0.2) is 0 Å². The molecule has 3 aromatic rings. The smallest absolute Gasteiger partial charge is 0.215 e. The third-order valence-corrected chi connectivity index (χ3v) is 4.92. The molecule has 0 fully saturated rings. The van der Waals surface area contributed by atoms with Crippen LogP contribution in [0.15, 0.2) is 58.6 Å². The standard InChI is InChI=1S/C15H14N4O2S/c1-11-3-7-13(8-4-11)19-15(16-17-18-19)22(20,21)14-9-5-12(2)6-10-14/h3-10H,1-2H3. The minimum atomic E-state index is -3.77. The maximum atomic E-state index is 12.7. The van der Waals surface area contributed by atoms with Crippen LogP contribution in [-0.4, -0.2) is 28.6 Å². The molecule has 0 atom stereocenters. The zero-order valence-corrected chi connectivity index (χ0v) is 12.9. The van der Waals surface area contributed by atoms with Crippen molar-refractivity contribution in [2.45, 2.75) is 23.9 Å². The van der Waals surface area contributed by atoms with Crippen molar-refractivity contribution in [2.24, 2.45) is 0 Å². The van der Waals surface area contributed by atoms with Crippen molar-refractivity contribution >= 4 is 9.84 Å². The second-order valence-corrected chi connectivity index (χ2v) is 6.87. The average molecular weight is 314 g/mol. The van der Waals surface area contributed by atoms with E-state index in [2.05, 4.69) is 15.5 Å². The largest absolute Gasteiger partial charge is 0.277 e. The van der Waals surface area contributed by atoms with Crippen LogP contribution in [-0.2, 0) is 9.84 Å². The molecule has 0 aliphatic rings. The van der Waals surface area contributed by atoms with Crippen molar-refractivity contribution in [1.82, 2.24) is 20.2 Å². The van der Waals surface area contributed by atoms with Crippen LogP contribution in [0.3, 0.4) is 0 Å². The molecule has 0 aliphatic carbocycles. The predicted molar refractivity (Wildman–Crippen MR) is 80.5 cm³/mol. The fourth-order valence-corrected chi connectivity index (χ4v) is 3.24. The Morgan fingerprint density at radius 1 is 0.864 bits per heavy atom. The Morgan fingerprint density at radius 2 is 1.41 bits per heavy atom. The van der Waals surface area contributed by atoms with Crippen LogP contribution in [0.1, 0.15) is 11.1 Å². The van der Waals surface area contributed by atoms with E-state index in [0.717, 1.165) is 11.1 Å². The Labute approximate surface area is 128 Å². The highest BCUT2D eigenvalue weighted by Crippen LogP contribution is 2.21. The highest BCUT2D eigenvalue weighted by molar-refractivity contribution is 7.91. The number of aromatic nitrogens is 4. The lowest BCUT2D eigenvalue weighted by Gasteiger charge is -2.06.